The molecule has 6 nitrogen and oxygen atoms in total. The van der Waals surface area contributed by atoms with E-state index in [1.807, 2.05) is 43.5 Å². The van der Waals surface area contributed by atoms with Crippen LogP contribution in [0, 0.1) is 0 Å². The molecule has 6 heteroatoms. The van der Waals surface area contributed by atoms with Crippen molar-refractivity contribution in [3.8, 4) is 5.75 Å². The van der Waals surface area contributed by atoms with Crippen molar-refractivity contribution in [2.45, 2.75) is 32.6 Å². The summed E-state index contributed by atoms with van der Waals surface area (Å²) in [6.07, 6.45) is 4.87. The third-order valence-electron chi connectivity index (χ3n) is 5.97. The molecule has 2 heterocycles. The summed E-state index contributed by atoms with van der Waals surface area (Å²) in [5.74, 6) is 0.548. The molecule has 0 radical (unpaired) electrons. The van der Waals surface area contributed by atoms with Crippen LogP contribution in [0.3, 0.4) is 0 Å². The van der Waals surface area contributed by atoms with E-state index in [1.54, 1.807) is 13.2 Å². The fourth-order valence-corrected chi connectivity index (χ4v) is 4.05. The van der Waals surface area contributed by atoms with Crippen LogP contribution in [-0.2, 0) is 11.2 Å². The molecule has 4 rings (SSSR count). The van der Waals surface area contributed by atoms with Gasteiger partial charge in [-0.1, -0.05) is 38.1 Å². The van der Waals surface area contributed by atoms with E-state index in [0.717, 1.165) is 39.6 Å². The van der Waals surface area contributed by atoms with Gasteiger partial charge in [0, 0.05) is 22.5 Å². The van der Waals surface area contributed by atoms with Gasteiger partial charge in [0.1, 0.15) is 11.3 Å². The highest BCUT2D eigenvalue weighted by Gasteiger charge is 2.13. The minimum absolute atomic E-state index is 0.254. The largest absolute Gasteiger partial charge is 0.497 e. The maximum Gasteiger partial charge on any atom is 0.331 e. The molecule has 0 aliphatic rings. The first-order chi connectivity index (χ1) is 15.9. The highest BCUT2D eigenvalue weighted by Crippen LogP contribution is 2.31. The van der Waals surface area contributed by atoms with Crippen LogP contribution >= 0.6 is 0 Å². The molecule has 1 atom stereocenters. The van der Waals surface area contributed by atoms with Crippen molar-refractivity contribution in [1.29, 1.82) is 0 Å². The topological polar surface area (TPSA) is 98.3 Å². The second kappa shape index (κ2) is 9.28. The van der Waals surface area contributed by atoms with E-state index in [-0.39, 0.29) is 5.92 Å². The van der Waals surface area contributed by atoms with Crippen LogP contribution < -0.4 is 10.5 Å². The van der Waals surface area contributed by atoms with Crippen LogP contribution in [0.15, 0.2) is 60.3 Å². The van der Waals surface area contributed by atoms with Gasteiger partial charge in [-0.15, -0.1) is 0 Å². The van der Waals surface area contributed by atoms with E-state index < -0.39 is 5.97 Å². The number of ether oxygens (including phenoxy) is 1. The van der Waals surface area contributed by atoms with E-state index in [9.17, 15) is 9.90 Å². The lowest BCUT2D eigenvalue weighted by Gasteiger charge is -2.14. The Morgan fingerprint density at radius 3 is 2.58 bits per heavy atom. The molecular weight excluding hydrogens is 414 g/mol. The fourth-order valence-electron chi connectivity index (χ4n) is 4.05. The average Bonchev–Trinajstić information content (AvgIpc) is 2.82. The van der Waals surface area contributed by atoms with Crippen molar-refractivity contribution in [3.63, 3.8) is 0 Å². The van der Waals surface area contributed by atoms with Crippen molar-refractivity contribution in [3.05, 3.63) is 77.0 Å². The number of fused-ring (bicyclic) bond motifs is 3. The number of aliphatic carboxylic acids is 1. The molecular formula is C27H27N3O3. The van der Waals surface area contributed by atoms with Crippen molar-refractivity contribution in [2.24, 2.45) is 0 Å². The summed E-state index contributed by atoms with van der Waals surface area (Å²) in [7, 11) is 1.66. The summed E-state index contributed by atoms with van der Waals surface area (Å²) in [5, 5.41) is 11.2. The molecule has 3 N–H and O–H groups in total. The molecule has 0 fully saturated rings. The maximum atomic E-state index is 11.4. The van der Waals surface area contributed by atoms with E-state index in [1.165, 1.54) is 5.56 Å². The summed E-state index contributed by atoms with van der Waals surface area (Å²) in [5.41, 5.74) is 11.1. The monoisotopic (exact) mass is 441 g/mol. The van der Waals surface area contributed by atoms with Crippen LogP contribution in [0.5, 0.6) is 5.75 Å². The van der Waals surface area contributed by atoms with Crippen molar-refractivity contribution in [1.82, 2.24) is 9.97 Å². The Hall–Kier alpha value is -3.93. The number of carboxylic acid groups (broad SMARTS) is 1. The molecule has 0 bridgehead atoms. The van der Waals surface area contributed by atoms with Gasteiger partial charge in [-0.25, -0.2) is 9.78 Å². The van der Waals surface area contributed by atoms with Crippen LogP contribution in [0.25, 0.3) is 27.9 Å². The highest BCUT2D eigenvalue weighted by molar-refractivity contribution is 6.08. The lowest BCUT2D eigenvalue weighted by Crippen LogP contribution is -2.02. The normalized spacial score (nSPS) is 12.8. The van der Waals surface area contributed by atoms with Gasteiger partial charge in [0.25, 0.3) is 0 Å². The molecule has 1 unspecified atom stereocenters. The number of hydrogen-bond acceptors (Lipinski definition) is 5. The van der Waals surface area contributed by atoms with Crippen LogP contribution in [0.4, 0.5) is 5.82 Å². The van der Waals surface area contributed by atoms with Crippen molar-refractivity contribution < 1.29 is 14.6 Å². The first-order valence-corrected chi connectivity index (χ1v) is 10.9. The zero-order chi connectivity index (χ0) is 23.5. The average molecular weight is 442 g/mol. The van der Waals surface area contributed by atoms with Gasteiger partial charge in [-0.2, -0.15) is 0 Å². The number of nitrogen functional groups attached to an aromatic ring is 1. The van der Waals surface area contributed by atoms with E-state index in [0.29, 0.717) is 23.3 Å². The third kappa shape index (κ3) is 4.65. The molecule has 0 aliphatic heterocycles. The molecule has 0 aliphatic carbocycles. The number of methoxy groups -OCH3 is 1. The number of nitrogens with two attached hydrogens (primary N) is 1. The second-order valence-electron chi connectivity index (χ2n) is 8.22. The lowest BCUT2D eigenvalue weighted by molar-refractivity contribution is -0.132. The lowest BCUT2D eigenvalue weighted by atomic mass is 9.93. The number of hydrogen-bond donors (Lipinski definition) is 2. The van der Waals surface area contributed by atoms with Gasteiger partial charge in [0.2, 0.25) is 0 Å². The zero-order valence-corrected chi connectivity index (χ0v) is 19.0. The number of pyridine rings is 2. The minimum atomic E-state index is -0.914. The van der Waals surface area contributed by atoms with Crippen LogP contribution in [0.2, 0.25) is 0 Å². The second-order valence-corrected chi connectivity index (χ2v) is 8.22. The molecule has 33 heavy (non-hydrogen) atoms. The zero-order valence-electron chi connectivity index (χ0n) is 19.0. The molecule has 0 saturated heterocycles. The summed E-state index contributed by atoms with van der Waals surface area (Å²) >= 11 is 0. The third-order valence-corrected chi connectivity index (χ3v) is 5.97. The van der Waals surface area contributed by atoms with Gasteiger partial charge < -0.3 is 15.6 Å². The number of rotatable bonds is 7. The Labute approximate surface area is 192 Å². The van der Waals surface area contributed by atoms with Gasteiger partial charge in [-0.3, -0.25) is 4.98 Å². The Morgan fingerprint density at radius 1 is 1.15 bits per heavy atom. The fraction of sp³-hybridized carbons (Fsp3) is 0.222. The Morgan fingerprint density at radius 2 is 1.91 bits per heavy atom. The van der Waals surface area contributed by atoms with Gasteiger partial charge in [-0.05, 0) is 65.8 Å². The first-order valence-electron chi connectivity index (χ1n) is 10.9. The number of aromatic nitrogens is 2. The summed E-state index contributed by atoms with van der Waals surface area (Å²) in [6, 6.07) is 16.0. The summed E-state index contributed by atoms with van der Waals surface area (Å²) in [4.78, 5) is 20.5. The van der Waals surface area contributed by atoms with Crippen LogP contribution in [-0.4, -0.2) is 28.2 Å². The minimum Gasteiger partial charge on any atom is -0.497 e. The van der Waals surface area contributed by atoms with E-state index in [4.69, 9.17) is 10.5 Å². The first kappa shape index (κ1) is 22.3. The van der Waals surface area contributed by atoms with Crippen molar-refractivity contribution >= 4 is 39.7 Å². The predicted molar refractivity (Wildman–Crippen MR) is 132 cm³/mol. The predicted octanol–water partition coefficient (Wildman–Crippen LogP) is 5.60. The molecule has 0 saturated carbocycles. The van der Waals surface area contributed by atoms with Crippen LogP contribution in [0.1, 0.15) is 42.9 Å². The maximum absolute atomic E-state index is 11.4. The van der Waals surface area contributed by atoms with Gasteiger partial charge in [0.05, 0.1) is 12.6 Å². The molecule has 2 aromatic carbocycles. The number of anilines is 1. The number of benzene rings is 2. The highest BCUT2D eigenvalue weighted by atomic mass is 16.5. The summed E-state index contributed by atoms with van der Waals surface area (Å²) < 4.78 is 5.25. The van der Waals surface area contributed by atoms with E-state index in [2.05, 4.69) is 35.1 Å². The summed E-state index contributed by atoms with van der Waals surface area (Å²) in [6.45, 7) is 4.01. The van der Waals surface area contributed by atoms with E-state index >= 15 is 0 Å². The molecule has 0 amide bonds. The number of nitrogens with zero attached hydrogens (tertiary/aromatic N) is 2. The van der Waals surface area contributed by atoms with Gasteiger partial charge >= 0.3 is 5.97 Å². The Bertz CT molecular complexity index is 1360. The smallest absolute Gasteiger partial charge is 0.331 e. The van der Waals surface area contributed by atoms with Crippen molar-refractivity contribution in [2.75, 3.05) is 12.8 Å². The number of carboxylic acids is 1. The quantitative estimate of drug-likeness (QED) is 0.286. The Kier molecular flexibility index (Phi) is 6.27. The Balaban J connectivity index is 1.73. The number of carbonyl (C=O) groups is 1. The SMILES string of the molecule is CC/C(=C\c1ccc2c(c1)nc(N)c1ncc(C(C)Cc3ccc(OC)cc3)cc12)C(=O)O. The van der Waals surface area contributed by atoms with Gasteiger partial charge in [0.15, 0.2) is 5.82 Å². The molecule has 4 aromatic rings. The molecule has 168 valence electrons. The molecule has 0 spiro atoms. The standard InChI is InChI=1S/C27H27N3O3/c1-4-19(27(31)32)12-18-7-10-22-23-14-20(15-29-25(23)26(28)30-24(22)13-18)16(2)11-17-5-8-21(33-3)9-6-17/h5-10,12-16H,4,11H2,1-3H3,(H2,28,30)(H,31,32)/b19-12+. The molecule has 2 aromatic heterocycles.